The molecule has 1 unspecified atom stereocenters. The topological polar surface area (TPSA) is 12.5 Å². The van der Waals surface area contributed by atoms with Gasteiger partial charge in [0.15, 0.2) is 0 Å². The third kappa shape index (κ3) is 2.83. The Hall–Kier alpha value is 0.640. The van der Waals surface area contributed by atoms with Crippen LogP contribution in [0.2, 0.25) is 0 Å². The molecule has 1 rings (SSSR count). The molecule has 4 heteroatoms. The second kappa shape index (κ2) is 4.51. The SMILES string of the molecule is Cl.PN1CCOCC1. The number of ether oxygens (including phenoxy) is 1. The third-order valence-corrected chi connectivity index (χ3v) is 1.56. The number of hydrogen-bond acceptors (Lipinski definition) is 2. The average Bonchev–Trinajstić information content (AvgIpc) is 1.69. The van der Waals surface area contributed by atoms with E-state index in [4.69, 9.17) is 4.74 Å². The highest BCUT2D eigenvalue weighted by atomic mass is 35.5. The molecule has 0 spiro atoms. The first-order valence-corrected chi connectivity index (χ1v) is 2.98. The predicted molar refractivity (Wildman–Crippen MR) is 39.4 cm³/mol. The van der Waals surface area contributed by atoms with Gasteiger partial charge in [-0.1, -0.05) is 9.39 Å². The van der Waals surface area contributed by atoms with Gasteiger partial charge in [0.1, 0.15) is 0 Å². The van der Waals surface area contributed by atoms with Crippen LogP contribution in [0.25, 0.3) is 0 Å². The van der Waals surface area contributed by atoms with Gasteiger partial charge in [0.25, 0.3) is 0 Å². The van der Waals surface area contributed by atoms with E-state index >= 15 is 0 Å². The van der Waals surface area contributed by atoms with Gasteiger partial charge in [-0.15, -0.1) is 12.4 Å². The van der Waals surface area contributed by atoms with Gasteiger partial charge in [-0.2, -0.15) is 0 Å². The van der Waals surface area contributed by atoms with Crippen LogP contribution < -0.4 is 0 Å². The molecule has 0 aromatic rings. The maximum absolute atomic E-state index is 5.08. The zero-order valence-corrected chi connectivity index (χ0v) is 6.64. The summed E-state index contributed by atoms with van der Waals surface area (Å²) >= 11 is 0. The first-order chi connectivity index (χ1) is 3.39. The lowest BCUT2D eigenvalue weighted by atomic mass is 10.5. The fourth-order valence-electron chi connectivity index (χ4n) is 0.577. The van der Waals surface area contributed by atoms with Crippen molar-refractivity contribution in [2.75, 3.05) is 26.3 Å². The number of morpholine rings is 1. The molecule has 1 fully saturated rings. The molecule has 0 amide bonds. The van der Waals surface area contributed by atoms with Gasteiger partial charge in [0.2, 0.25) is 0 Å². The first kappa shape index (κ1) is 8.64. The molecule has 1 atom stereocenters. The fraction of sp³-hybridized carbons (Fsp3) is 1.00. The van der Waals surface area contributed by atoms with Crippen LogP contribution in [-0.4, -0.2) is 31.0 Å². The third-order valence-electron chi connectivity index (χ3n) is 1.05. The summed E-state index contributed by atoms with van der Waals surface area (Å²) in [6.07, 6.45) is 0. The summed E-state index contributed by atoms with van der Waals surface area (Å²) < 4.78 is 7.27. The minimum Gasteiger partial charge on any atom is -0.379 e. The summed E-state index contributed by atoms with van der Waals surface area (Å²) in [5.74, 6) is 0. The molecule has 1 aliphatic rings. The predicted octanol–water partition coefficient (Wildman–Crippen LogP) is 0.530. The van der Waals surface area contributed by atoms with Gasteiger partial charge in [0, 0.05) is 13.1 Å². The van der Waals surface area contributed by atoms with E-state index in [1.165, 1.54) is 0 Å². The molecule has 0 aromatic heterocycles. The van der Waals surface area contributed by atoms with E-state index in [1.54, 1.807) is 0 Å². The summed E-state index contributed by atoms with van der Waals surface area (Å²) in [6.45, 7) is 3.91. The quantitative estimate of drug-likeness (QED) is 0.474. The summed E-state index contributed by atoms with van der Waals surface area (Å²) in [5, 5.41) is 0. The summed E-state index contributed by atoms with van der Waals surface area (Å²) in [4.78, 5) is 0. The van der Waals surface area contributed by atoms with Crippen LogP contribution in [0.15, 0.2) is 0 Å². The van der Waals surface area contributed by atoms with Crippen LogP contribution in [-0.2, 0) is 4.74 Å². The van der Waals surface area contributed by atoms with E-state index in [9.17, 15) is 0 Å². The highest BCUT2D eigenvalue weighted by Gasteiger charge is 2.02. The van der Waals surface area contributed by atoms with Crippen LogP contribution in [0.3, 0.4) is 0 Å². The zero-order valence-electron chi connectivity index (χ0n) is 4.67. The van der Waals surface area contributed by atoms with E-state index < -0.39 is 0 Å². The Balaban J connectivity index is 0.000000490. The second-order valence-corrected chi connectivity index (χ2v) is 2.38. The van der Waals surface area contributed by atoms with Crippen LogP contribution in [0.4, 0.5) is 0 Å². The minimum atomic E-state index is 0. The maximum Gasteiger partial charge on any atom is 0.0597 e. The Morgan fingerprint density at radius 1 is 1.25 bits per heavy atom. The second-order valence-electron chi connectivity index (χ2n) is 1.65. The molecule has 0 aromatic carbocycles. The van der Waals surface area contributed by atoms with Crippen molar-refractivity contribution >= 4 is 21.8 Å². The van der Waals surface area contributed by atoms with Crippen LogP contribution in [0.1, 0.15) is 0 Å². The van der Waals surface area contributed by atoms with Gasteiger partial charge in [-0.3, -0.25) is 4.67 Å². The Labute approximate surface area is 58.2 Å². The molecule has 50 valence electrons. The molecular formula is C4H11ClNOP. The van der Waals surface area contributed by atoms with Crippen LogP contribution in [0, 0.1) is 0 Å². The van der Waals surface area contributed by atoms with Crippen molar-refractivity contribution in [2.24, 2.45) is 0 Å². The number of hydrogen-bond donors (Lipinski definition) is 0. The van der Waals surface area contributed by atoms with E-state index in [-0.39, 0.29) is 12.4 Å². The fourth-order valence-corrected chi connectivity index (χ4v) is 0.788. The van der Waals surface area contributed by atoms with Crippen molar-refractivity contribution in [1.29, 1.82) is 0 Å². The van der Waals surface area contributed by atoms with Crippen molar-refractivity contribution in [3.05, 3.63) is 0 Å². The van der Waals surface area contributed by atoms with Crippen molar-refractivity contribution in [3.63, 3.8) is 0 Å². The first-order valence-electron chi connectivity index (χ1n) is 2.47. The van der Waals surface area contributed by atoms with Gasteiger partial charge in [0.05, 0.1) is 13.2 Å². The van der Waals surface area contributed by atoms with Crippen molar-refractivity contribution in [3.8, 4) is 0 Å². The monoisotopic (exact) mass is 155 g/mol. The standard InChI is InChI=1S/C4H10NOP.ClH/c7-5-1-3-6-4-2-5;/h1-4,7H2;1H. The van der Waals surface area contributed by atoms with Gasteiger partial charge >= 0.3 is 0 Å². The molecule has 0 saturated carbocycles. The molecule has 8 heavy (non-hydrogen) atoms. The van der Waals surface area contributed by atoms with Crippen molar-refractivity contribution in [2.45, 2.75) is 0 Å². The van der Waals surface area contributed by atoms with E-state index in [2.05, 4.69) is 14.1 Å². The number of nitrogens with zero attached hydrogens (tertiary/aromatic N) is 1. The number of rotatable bonds is 0. The van der Waals surface area contributed by atoms with Crippen LogP contribution >= 0.6 is 21.8 Å². The van der Waals surface area contributed by atoms with Crippen molar-refractivity contribution < 1.29 is 4.74 Å². The smallest absolute Gasteiger partial charge is 0.0597 e. The molecule has 1 saturated heterocycles. The lowest BCUT2D eigenvalue weighted by Gasteiger charge is -2.20. The van der Waals surface area contributed by atoms with Gasteiger partial charge in [-0.05, 0) is 0 Å². The summed E-state index contributed by atoms with van der Waals surface area (Å²) in [6, 6.07) is 0. The largest absolute Gasteiger partial charge is 0.379 e. The Kier molecular flexibility index (Phi) is 4.87. The molecular weight excluding hydrogens is 144 g/mol. The summed E-state index contributed by atoms with van der Waals surface area (Å²) in [7, 11) is 2.66. The highest BCUT2D eigenvalue weighted by molar-refractivity contribution is 7.13. The van der Waals surface area contributed by atoms with Gasteiger partial charge in [-0.25, -0.2) is 0 Å². The van der Waals surface area contributed by atoms with E-state index in [0.29, 0.717) is 0 Å². The van der Waals surface area contributed by atoms with E-state index in [0.717, 1.165) is 26.3 Å². The Bertz CT molecular complexity index is 58.0. The minimum absolute atomic E-state index is 0. The maximum atomic E-state index is 5.08. The molecule has 2 nitrogen and oxygen atoms in total. The average molecular weight is 156 g/mol. The molecule has 1 aliphatic heterocycles. The summed E-state index contributed by atoms with van der Waals surface area (Å²) in [5.41, 5.74) is 0. The Morgan fingerprint density at radius 2 is 1.75 bits per heavy atom. The lowest BCUT2D eigenvalue weighted by molar-refractivity contribution is 0.0769. The highest BCUT2D eigenvalue weighted by Crippen LogP contribution is 2.00. The molecule has 1 heterocycles. The number of halogens is 1. The normalized spacial score (nSPS) is 22.1. The molecule has 0 bridgehead atoms. The molecule has 0 N–H and O–H groups in total. The van der Waals surface area contributed by atoms with Crippen LogP contribution in [0.5, 0.6) is 0 Å². The zero-order chi connectivity index (χ0) is 5.11. The van der Waals surface area contributed by atoms with E-state index in [1.807, 2.05) is 0 Å². The Morgan fingerprint density at radius 3 is 2.00 bits per heavy atom. The molecule has 0 radical (unpaired) electrons. The lowest BCUT2D eigenvalue weighted by Crippen LogP contribution is -2.28. The molecule has 0 aliphatic carbocycles. The van der Waals surface area contributed by atoms with Gasteiger partial charge < -0.3 is 4.74 Å². The van der Waals surface area contributed by atoms with Crippen molar-refractivity contribution in [1.82, 2.24) is 4.67 Å².